The highest BCUT2D eigenvalue weighted by Gasteiger charge is 2.25. The van der Waals surface area contributed by atoms with Crippen LogP contribution in [0.25, 0.3) is 10.4 Å². The van der Waals surface area contributed by atoms with E-state index in [1.54, 1.807) is 29.5 Å². The predicted molar refractivity (Wildman–Crippen MR) is 90.0 cm³/mol. The molecule has 1 aromatic heterocycles. The number of carbonyl (C=O) groups is 1. The van der Waals surface area contributed by atoms with Gasteiger partial charge in [0.2, 0.25) is 0 Å². The summed E-state index contributed by atoms with van der Waals surface area (Å²) in [6.45, 7) is 0. The molecule has 0 saturated heterocycles. The number of rotatable bonds is 2. The molecule has 4 rings (SSSR count). The van der Waals surface area contributed by atoms with Crippen molar-refractivity contribution in [2.24, 2.45) is 0 Å². The van der Waals surface area contributed by atoms with Crippen molar-refractivity contribution in [2.45, 2.75) is 6.17 Å². The number of hydrogen-bond donors (Lipinski definition) is 2. The fourth-order valence-electron chi connectivity index (χ4n) is 2.63. The van der Waals surface area contributed by atoms with Gasteiger partial charge >= 0.3 is 0 Å². The van der Waals surface area contributed by atoms with Gasteiger partial charge in [0.25, 0.3) is 5.91 Å². The number of carbonyl (C=O) groups excluding carboxylic acids is 1. The molecule has 0 unspecified atom stereocenters. The lowest BCUT2D eigenvalue weighted by atomic mass is 10.1. The van der Waals surface area contributed by atoms with Crippen molar-refractivity contribution < 1.29 is 9.18 Å². The van der Waals surface area contributed by atoms with Crippen LogP contribution in [0.4, 0.5) is 10.1 Å². The lowest BCUT2D eigenvalue weighted by molar-refractivity contribution is 0.0936. The fraction of sp³-hybridized carbons (Fsp3) is 0.0556. The highest BCUT2D eigenvalue weighted by molar-refractivity contribution is 7.15. The summed E-state index contributed by atoms with van der Waals surface area (Å²) in [6, 6.07) is 17.8. The lowest BCUT2D eigenvalue weighted by Crippen LogP contribution is -2.37. The topological polar surface area (TPSA) is 41.1 Å². The van der Waals surface area contributed by atoms with Gasteiger partial charge in [0.15, 0.2) is 0 Å². The first-order chi connectivity index (χ1) is 11.2. The SMILES string of the molecule is O=C1N[C@H](c2ccc(-c3ccc(F)cc3)s2)Nc2ccccc21. The predicted octanol–water partition coefficient (Wildman–Crippen LogP) is 4.41. The van der Waals surface area contributed by atoms with Crippen LogP contribution in [0, 0.1) is 5.82 Å². The Kier molecular flexibility index (Phi) is 3.35. The third kappa shape index (κ3) is 2.59. The van der Waals surface area contributed by atoms with E-state index < -0.39 is 0 Å². The zero-order chi connectivity index (χ0) is 15.8. The van der Waals surface area contributed by atoms with Crippen LogP contribution in [0.3, 0.4) is 0 Å². The maximum absolute atomic E-state index is 13.0. The molecule has 2 aromatic carbocycles. The summed E-state index contributed by atoms with van der Waals surface area (Å²) in [5.74, 6) is -0.329. The second-order valence-corrected chi connectivity index (χ2v) is 6.42. The molecule has 0 radical (unpaired) electrons. The van der Waals surface area contributed by atoms with Gasteiger partial charge in [0.05, 0.1) is 5.56 Å². The van der Waals surface area contributed by atoms with Crippen molar-refractivity contribution in [1.29, 1.82) is 0 Å². The number of nitrogens with one attached hydrogen (secondary N) is 2. The van der Waals surface area contributed by atoms with Crippen LogP contribution in [-0.4, -0.2) is 5.91 Å². The minimum atomic E-state index is -0.253. The minimum Gasteiger partial charge on any atom is -0.360 e. The number of anilines is 1. The maximum Gasteiger partial charge on any atom is 0.255 e. The van der Waals surface area contributed by atoms with E-state index in [0.29, 0.717) is 5.56 Å². The monoisotopic (exact) mass is 324 g/mol. The van der Waals surface area contributed by atoms with E-state index in [2.05, 4.69) is 10.6 Å². The van der Waals surface area contributed by atoms with Crippen molar-refractivity contribution in [3.05, 3.63) is 76.9 Å². The summed E-state index contributed by atoms with van der Waals surface area (Å²) >= 11 is 1.58. The third-order valence-electron chi connectivity index (χ3n) is 3.79. The molecule has 1 atom stereocenters. The summed E-state index contributed by atoms with van der Waals surface area (Å²) in [4.78, 5) is 14.2. The average Bonchev–Trinajstić information content (AvgIpc) is 3.05. The number of halogens is 1. The number of para-hydroxylation sites is 1. The summed E-state index contributed by atoms with van der Waals surface area (Å²) in [5, 5.41) is 6.30. The van der Waals surface area contributed by atoms with E-state index >= 15 is 0 Å². The van der Waals surface area contributed by atoms with Gasteiger partial charge in [-0.25, -0.2) is 4.39 Å². The van der Waals surface area contributed by atoms with Crippen LogP contribution in [-0.2, 0) is 0 Å². The zero-order valence-electron chi connectivity index (χ0n) is 12.0. The van der Waals surface area contributed by atoms with Crippen LogP contribution in [0.1, 0.15) is 21.4 Å². The second kappa shape index (κ2) is 5.52. The standard InChI is InChI=1S/C18H13FN2OS/c19-12-7-5-11(6-8-12)15-9-10-16(23-15)17-20-14-4-2-1-3-13(14)18(22)21-17/h1-10,17,20H,(H,21,22)/t17-/m1/s1. The molecule has 23 heavy (non-hydrogen) atoms. The minimum absolute atomic E-state index is 0.0823. The first-order valence-corrected chi connectivity index (χ1v) is 8.04. The quantitative estimate of drug-likeness (QED) is 0.733. The number of thiophene rings is 1. The third-order valence-corrected chi connectivity index (χ3v) is 4.99. The molecule has 2 heterocycles. The molecule has 0 fully saturated rings. The first kappa shape index (κ1) is 14.0. The largest absolute Gasteiger partial charge is 0.360 e. The molecule has 2 N–H and O–H groups in total. The Labute approximate surface area is 136 Å². The van der Waals surface area contributed by atoms with E-state index in [1.807, 2.05) is 30.3 Å². The summed E-state index contributed by atoms with van der Waals surface area (Å²) in [6.07, 6.45) is -0.253. The molecule has 3 aromatic rings. The Morgan fingerprint density at radius 3 is 2.52 bits per heavy atom. The molecule has 0 aliphatic carbocycles. The molecule has 0 spiro atoms. The van der Waals surface area contributed by atoms with Gasteiger partial charge in [0.1, 0.15) is 12.0 Å². The molecule has 5 heteroatoms. The summed E-state index contributed by atoms with van der Waals surface area (Å²) in [5.41, 5.74) is 2.45. The number of amides is 1. The smallest absolute Gasteiger partial charge is 0.255 e. The molecule has 0 bridgehead atoms. The average molecular weight is 324 g/mol. The van der Waals surface area contributed by atoms with E-state index in [0.717, 1.165) is 21.0 Å². The zero-order valence-corrected chi connectivity index (χ0v) is 12.9. The van der Waals surface area contributed by atoms with Crippen LogP contribution >= 0.6 is 11.3 Å². The molecule has 114 valence electrons. The fourth-order valence-corrected chi connectivity index (χ4v) is 3.64. The number of fused-ring (bicyclic) bond motifs is 1. The van der Waals surface area contributed by atoms with Crippen molar-refractivity contribution in [3.63, 3.8) is 0 Å². The lowest BCUT2D eigenvalue weighted by Gasteiger charge is -2.26. The molecule has 3 nitrogen and oxygen atoms in total. The van der Waals surface area contributed by atoms with Gasteiger partial charge in [-0.1, -0.05) is 24.3 Å². The number of benzene rings is 2. The van der Waals surface area contributed by atoms with Gasteiger partial charge < -0.3 is 10.6 Å². The van der Waals surface area contributed by atoms with Crippen LogP contribution in [0.2, 0.25) is 0 Å². The van der Waals surface area contributed by atoms with Gasteiger partial charge in [-0.2, -0.15) is 0 Å². The van der Waals surface area contributed by atoms with Crippen molar-refractivity contribution >= 4 is 22.9 Å². The van der Waals surface area contributed by atoms with Crippen LogP contribution < -0.4 is 10.6 Å². The Bertz CT molecular complexity index is 873. The van der Waals surface area contributed by atoms with Gasteiger partial charge in [-0.05, 0) is 42.0 Å². The van der Waals surface area contributed by atoms with E-state index in [4.69, 9.17) is 0 Å². The Morgan fingerprint density at radius 2 is 1.70 bits per heavy atom. The molecule has 1 amide bonds. The van der Waals surface area contributed by atoms with Crippen LogP contribution in [0.5, 0.6) is 0 Å². The molecular weight excluding hydrogens is 311 g/mol. The molecule has 1 aliphatic heterocycles. The second-order valence-electron chi connectivity index (χ2n) is 5.31. The van der Waals surface area contributed by atoms with Gasteiger partial charge in [-0.15, -0.1) is 11.3 Å². The normalized spacial score (nSPS) is 16.4. The molecule has 1 aliphatic rings. The van der Waals surface area contributed by atoms with Crippen LogP contribution in [0.15, 0.2) is 60.7 Å². The number of hydrogen-bond acceptors (Lipinski definition) is 3. The highest BCUT2D eigenvalue weighted by Crippen LogP contribution is 2.34. The van der Waals surface area contributed by atoms with E-state index in [9.17, 15) is 9.18 Å². The molecular formula is C18H13FN2OS. The summed E-state index contributed by atoms with van der Waals surface area (Å²) < 4.78 is 13.0. The maximum atomic E-state index is 13.0. The van der Waals surface area contributed by atoms with Crippen molar-refractivity contribution in [3.8, 4) is 10.4 Å². The Morgan fingerprint density at radius 1 is 0.913 bits per heavy atom. The van der Waals surface area contributed by atoms with Crippen molar-refractivity contribution in [1.82, 2.24) is 5.32 Å². The Balaban J connectivity index is 1.63. The van der Waals surface area contributed by atoms with Crippen molar-refractivity contribution in [2.75, 3.05) is 5.32 Å². The van der Waals surface area contributed by atoms with E-state index in [1.165, 1.54) is 12.1 Å². The van der Waals surface area contributed by atoms with E-state index in [-0.39, 0.29) is 17.9 Å². The Hall–Kier alpha value is -2.66. The van der Waals surface area contributed by atoms with Gasteiger partial charge in [0, 0.05) is 15.4 Å². The summed E-state index contributed by atoms with van der Waals surface area (Å²) in [7, 11) is 0. The highest BCUT2D eigenvalue weighted by atomic mass is 32.1. The first-order valence-electron chi connectivity index (χ1n) is 7.23. The molecule has 0 saturated carbocycles. The van der Waals surface area contributed by atoms with Gasteiger partial charge in [-0.3, -0.25) is 4.79 Å².